The standard InChI is InChI=1S/C19H27N3O4/c1-13-12-21(18(25)26-19(3,4)5)9-10-22(13)17(24)20-16-8-6-7-15(11-16)14(2)23/h6-8,11,13H,9-10,12H2,1-5H3,(H,20,24). The SMILES string of the molecule is CC(=O)c1cccc(NC(=O)N2CCN(C(=O)OC(C)(C)C)CC2C)c1. The molecule has 1 unspecified atom stereocenters. The molecule has 3 amide bonds. The Morgan fingerprint density at radius 3 is 2.46 bits per heavy atom. The van der Waals surface area contributed by atoms with Crippen LogP contribution in [0, 0.1) is 0 Å². The van der Waals surface area contributed by atoms with E-state index in [1.165, 1.54) is 6.92 Å². The summed E-state index contributed by atoms with van der Waals surface area (Å²) in [5, 5.41) is 2.82. The molecule has 1 aromatic carbocycles. The third-order valence-electron chi connectivity index (χ3n) is 4.06. The summed E-state index contributed by atoms with van der Waals surface area (Å²) in [7, 11) is 0. The van der Waals surface area contributed by atoms with Gasteiger partial charge >= 0.3 is 12.1 Å². The van der Waals surface area contributed by atoms with Crippen LogP contribution in [0.3, 0.4) is 0 Å². The molecule has 7 heteroatoms. The van der Waals surface area contributed by atoms with Gasteiger partial charge in [-0.25, -0.2) is 9.59 Å². The Morgan fingerprint density at radius 1 is 1.19 bits per heavy atom. The first-order valence-corrected chi connectivity index (χ1v) is 8.73. The number of ether oxygens (including phenoxy) is 1. The molecule has 0 saturated carbocycles. The van der Waals surface area contributed by atoms with Gasteiger partial charge in [0.2, 0.25) is 0 Å². The minimum atomic E-state index is -0.545. The predicted molar refractivity (Wildman–Crippen MR) is 99.4 cm³/mol. The molecule has 1 fully saturated rings. The second-order valence-electron chi connectivity index (χ2n) is 7.54. The van der Waals surface area contributed by atoms with E-state index in [0.717, 1.165) is 0 Å². The number of hydrogen-bond acceptors (Lipinski definition) is 4. The van der Waals surface area contributed by atoms with E-state index >= 15 is 0 Å². The van der Waals surface area contributed by atoms with Gasteiger partial charge in [-0.05, 0) is 46.8 Å². The van der Waals surface area contributed by atoms with Gasteiger partial charge in [0.15, 0.2) is 5.78 Å². The number of rotatable bonds is 2. The van der Waals surface area contributed by atoms with Crippen molar-refractivity contribution in [3.05, 3.63) is 29.8 Å². The number of nitrogens with one attached hydrogen (secondary N) is 1. The Balaban J connectivity index is 1.96. The zero-order chi connectivity index (χ0) is 19.5. The molecule has 0 radical (unpaired) electrons. The molecular formula is C19H27N3O4. The van der Waals surface area contributed by atoms with Gasteiger partial charge in [0.25, 0.3) is 0 Å². The van der Waals surface area contributed by atoms with E-state index < -0.39 is 5.60 Å². The molecule has 1 heterocycles. The Bertz CT molecular complexity index is 696. The summed E-state index contributed by atoms with van der Waals surface area (Å²) in [6.45, 7) is 10.1. The van der Waals surface area contributed by atoms with Gasteiger partial charge in [-0.3, -0.25) is 4.79 Å². The molecule has 1 aromatic rings. The number of amides is 3. The third kappa shape index (κ3) is 5.21. The minimum absolute atomic E-state index is 0.0551. The highest BCUT2D eigenvalue weighted by molar-refractivity contribution is 5.96. The van der Waals surface area contributed by atoms with Crippen molar-refractivity contribution in [2.24, 2.45) is 0 Å². The molecule has 2 rings (SSSR count). The van der Waals surface area contributed by atoms with Crippen molar-refractivity contribution in [1.82, 2.24) is 9.80 Å². The van der Waals surface area contributed by atoms with Crippen molar-refractivity contribution in [3.8, 4) is 0 Å². The molecule has 1 N–H and O–H groups in total. The second kappa shape index (κ2) is 7.76. The van der Waals surface area contributed by atoms with Crippen LogP contribution in [0.25, 0.3) is 0 Å². The Kier molecular flexibility index (Phi) is 5.90. The molecule has 7 nitrogen and oxygen atoms in total. The maximum atomic E-state index is 12.6. The van der Waals surface area contributed by atoms with Crippen LogP contribution in [0.5, 0.6) is 0 Å². The first-order chi connectivity index (χ1) is 12.1. The molecule has 1 aliphatic heterocycles. The fourth-order valence-electron chi connectivity index (χ4n) is 2.76. The lowest BCUT2D eigenvalue weighted by Gasteiger charge is -2.40. The van der Waals surface area contributed by atoms with Crippen molar-refractivity contribution in [1.29, 1.82) is 0 Å². The highest BCUT2D eigenvalue weighted by atomic mass is 16.6. The topological polar surface area (TPSA) is 79.0 Å². The first-order valence-electron chi connectivity index (χ1n) is 8.73. The van der Waals surface area contributed by atoms with Crippen molar-refractivity contribution < 1.29 is 19.1 Å². The maximum Gasteiger partial charge on any atom is 0.410 e. The van der Waals surface area contributed by atoms with E-state index in [4.69, 9.17) is 4.74 Å². The van der Waals surface area contributed by atoms with Crippen molar-refractivity contribution >= 4 is 23.6 Å². The van der Waals surface area contributed by atoms with Crippen LogP contribution in [0.2, 0.25) is 0 Å². The number of Topliss-reactive ketones (excluding diaryl/α,β-unsaturated/α-hetero) is 1. The summed E-state index contributed by atoms with van der Waals surface area (Å²) in [5.74, 6) is -0.0551. The van der Waals surface area contributed by atoms with Gasteiger partial charge in [0.05, 0.1) is 0 Å². The number of benzene rings is 1. The Morgan fingerprint density at radius 2 is 1.88 bits per heavy atom. The third-order valence-corrected chi connectivity index (χ3v) is 4.06. The molecule has 1 saturated heterocycles. The number of carbonyl (C=O) groups excluding carboxylic acids is 3. The quantitative estimate of drug-likeness (QED) is 0.819. The molecule has 1 atom stereocenters. The fourth-order valence-corrected chi connectivity index (χ4v) is 2.76. The maximum absolute atomic E-state index is 12.6. The van der Waals surface area contributed by atoms with E-state index in [9.17, 15) is 14.4 Å². The number of urea groups is 1. The highest BCUT2D eigenvalue weighted by Crippen LogP contribution is 2.17. The van der Waals surface area contributed by atoms with Crippen LogP contribution in [-0.4, -0.2) is 59.0 Å². The molecule has 26 heavy (non-hydrogen) atoms. The lowest BCUT2D eigenvalue weighted by atomic mass is 10.1. The minimum Gasteiger partial charge on any atom is -0.444 e. The van der Waals surface area contributed by atoms with Crippen LogP contribution in [-0.2, 0) is 4.74 Å². The number of anilines is 1. The number of nitrogens with zero attached hydrogens (tertiary/aromatic N) is 2. The summed E-state index contributed by atoms with van der Waals surface area (Å²) in [6.07, 6.45) is -0.362. The molecule has 0 aliphatic carbocycles. The molecule has 1 aliphatic rings. The van der Waals surface area contributed by atoms with E-state index in [1.54, 1.807) is 34.1 Å². The largest absolute Gasteiger partial charge is 0.444 e. The molecule has 0 spiro atoms. The molecule has 0 aromatic heterocycles. The summed E-state index contributed by atoms with van der Waals surface area (Å²) < 4.78 is 5.39. The van der Waals surface area contributed by atoms with Gasteiger partial charge in [0.1, 0.15) is 5.60 Å². The van der Waals surface area contributed by atoms with Gasteiger partial charge < -0.3 is 19.9 Å². The van der Waals surface area contributed by atoms with Crippen LogP contribution >= 0.6 is 0 Å². The van der Waals surface area contributed by atoms with Gasteiger partial charge in [-0.2, -0.15) is 0 Å². The monoisotopic (exact) mass is 361 g/mol. The smallest absolute Gasteiger partial charge is 0.410 e. The van der Waals surface area contributed by atoms with Crippen molar-refractivity contribution in [2.45, 2.75) is 46.3 Å². The average molecular weight is 361 g/mol. The summed E-state index contributed by atoms with van der Waals surface area (Å²) in [6, 6.07) is 6.44. The van der Waals surface area contributed by atoms with Crippen LogP contribution < -0.4 is 5.32 Å². The Hall–Kier alpha value is -2.57. The normalized spacial score (nSPS) is 17.7. The summed E-state index contributed by atoms with van der Waals surface area (Å²) >= 11 is 0. The lowest BCUT2D eigenvalue weighted by Crippen LogP contribution is -2.57. The molecule has 0 bridgehead atoms. The first kappa shape index (κ1) is 19.8. The zero-order valence-electron chi connectivity index (χ0n) is 16.0. The lowest BCUT2D eigenvalue weighted by molar-refractivity contribution is 0.0112. The van der Waals surface area contributed by atoms with E-state index in [2.05, 4.69) is 5.32 Å². The van der Waals surface area contributed by atoms with E-state index in [1.807, 2.05) is 27.7 Å². The van der Waals surface area contributed by atoms with Crippen LogP contribution in [0.1, 0.15) is 45.0 Å². The molecule has 142 valence electrons. The van der Waals surface area contributed by atoms with Crippen molar-refractivity contribution in [2.75, 3.05) is 25.0 Å². The van der Waals surface area contributed by atoms with E-state index in [0.29, 0.717) is 30.9 Å². The van der Waals surface area contributed by atoms with Gasteiger partial charge in [-0.15, -0.1) is 0 Å². The number of carbonyl (C=O) groups is 3. The summed E-state index contributed by atoms with van der Waals surface area (Å²) in [4.78, 5) is 39.5. The number of ketones is 1. The zero-order valence-corrected chi connectivity index (χ0v) is 16.0. The van der Waals surface area contributed by atoms with Crippen LogP contribution in [0.4, 0.5) is 15.3 Å². The van der Waals surface area contributed by atoms with Crippen LogP contribution in [0.15, 0.2) is 24.3 Å². The fraction of sp³-hybridized carbons (Fsp3) is 0.526. The van der Waals surface area contributed by atoms with Gasteiger partial charge in [0, 0.05) is 36.9 Å². The average Bonchev–Trinajstić information content (AvgIpc) is 2.53. The predicted octanol–water partition coefficient (Wildman–Crippen LogP) is 3.36. The van der Waals surface area contributed by atoms with Crippen molar-refractivity contribution in [3.63, 3.8) is 0 Å². The number of hydrogen-bond donors (Lipinski definition) is 1. The summed E-state index contributed by atoms with van der Waals surface area (Å²) in [5.41, 5.74) is 0.575. The Labute approximate surface area is 154 Å². The highest BCUT2D eigenvalue weighted by Gasteiger charge is 2.32. The van der Waals surface area contributed by atoms with Gasteiger partial charge in [-0.1, -0.05) is 12.1 Å². The van der Waals surface area contributed by atoms with E-state index in [-0.39, 0.29) is 23.9 Å². The number of piperazine rings is 1. The molecular weight excluding hydrogens is 334 g/mol. The second-order valence-corrected chi connectivity index (χ2v) is 7.54.